The van der Waals surface area contributed by atoms with Crippen LogP contribution in [0.2, 0.25) is 0 Å². The molecule has 1 N–H and O–H groups in total. The van der Waals surface area contributed by atoms with Crippen molar-refractivity contribution in [2.75, 3.05) is 0 Å². The Morgan fingerprint density at radius 1 is 1.43 bits per heavy atom. The van der Waals surface area contributed by atoms with Crippen LogP contribution in [0.1, 0.15) is 13.8 Å². The standard InChI is InChI=1S/C11H14O3/c1-6-7(2)11(13)14-10-8(6)4-3-5-9(10)12/h3-8,10,12H,1-2H3. The third-order valence-corrected chi connectivity index (χ3v) is 3.25. The van der Waals surface area contributed by atoms with Crippen LogP contribution < -0.4 is 0 Å². The number of esters is 1. The quantitative estimate of drug-likeness (QED) is 0.598. The predicted molar refractivity (Wildman–Crippen MR) is 51.5 cm³/mol. The van der Waals surface area contributed by atoms with Crippen molar-refractivity contribution in [2.24, 2.45) is 17.8 Å². The van der Waals surface area contributed by atoms with Crippen molar-refractivity contribution in [1.29, 1.82) is 0 Å². The fourth-order valence-electron chi connectivity index (χ4n) is 2.05. The van der Waals surface area contributed by atoms with Crippen LogP contribution in [0.4, 0.5) is 0 Å². The molecule has 4 unspecified atom stereocenters. The second-order valence-corrected chi connectivity index (χ2v) is 4.06. The highest BCUT2D eigenvalue weighted by atomic mass is 16.6. The molecule has 14 heavy (non-hydrogen) atoms. The lowest BCUT2D eigenvalue weighted by molar-refractivity contribution is -0.167. The van der Waals surface area contributed by atoms with E-state index in [1.807, 2.05) is 26.0 Å². The molecule has 0 aromatic rings. The summed E-state index contributed by atoms with van der Waals surface area (Å²) in [6, 6.07) is 0. The summed E-state index contributed by atoms with van der Waals surface area (Å²) in [4.78, 5) is 11.4. The van der Waals surface area contributed by atoms with Crippen LogP contribution in [0, 0.1) is 17.8 Å². The Bertz CT molecular complexity index is 316. The van der Waals surface area contributed by atoms with Gasteiger partial charge in [-0.1, -0.05) is 26.0 Å². The van der Waals surface area contributed by atoms with Crippen LogP contribution in [0.15, 0.2) is 24.0 Å². The first-order chi connectivity index (χ1) is 6.61. The molecule has 1 fully saturated rings. The highest BCUT2D eigenvalue weighted by Gasteiger charge is 2.42. The van der Waals surface area contributed by atoms with Gasteiger partial charge in [-0.05, 0) is 12.0 Å². The minimum atomic E-state index is -0.460. The molecule has 76 valence electrons. The number of carbonyl (C=O) groups excluding carboxylic acids is 1. The summed E-state index contributed by atoms with van der Waals surface area (Å²) in [6.07, 6.45) is 4.94. The van der Waals surface area contributed by atoms with Crippen LogP contribution in [-0.4, -0.2) is 17.2 Å². The van der Waals surface area contributed by atoms with Crippen LogP contribution in [0.25, 0.3) is 0 Å². The van der Waals surface area contributed by atoms with Crippen molar-refractivity contribution in [3.05, 3.63) is 24.0 Å². The number of aliphatic hydroxyl groups excluding tert-OH is 1. The zero-order valence-electron chi connectivity index (χ0n) is 8.31. The van der Waals surface area contributed by atoms with Gasteiger partial charge in [-0.15, -0.1) is 0 Å². The molecule has 1 heterocycles. The fraction of sp³-hybridized carbons (Fsp3) is 0.545. The molecule has 0 radical (unpaired) electrons. The number of hydrogen-bond donors (Lipinski definition) is 1. The maximum absolute atomic E-state index is 11.4. The van der Waals surface area contributed by atoms with Gasteiger partial charge < -0.3 is 9.84 Å². The van der Waals surface area contributed by atoms with Crippen molar-refractivity contribution < 1.29 is 14.6 Å². The lowest BCUT2D eigenvalue weighted by atomic mass is 9.76. The molecule has 1 aliphatic carbocycles. The normalized spacial score (nSPS) is 41.3. The van der Waals surface area contributed by atoms with Gasteiger partial charge in [0.05, 0.1) is 5.92 Å². The Morgan fingerprint density at radius 3 is 2.86 bits per heavy atom. The molecule has 2 aliphatic rings. The first kappa shape index (κ1) is 9.31. The number of carbonyl (C=O) groups is 1. The summed E-state index contributed by atoms with van der Waals surface area (Å²) in [7, 11) is 0. The molecule has 0 aromatic heterocycles. The summed E-state index contributed by atoms with van der Waals surface area (Å²) in [5.41, 5.74) is 0. The van der Waals surface area contributed by atoms with Crippen molar-refractivity contribution in [3.63, 3.8) is 0 Å². The Kier molecular flexibility index (Phi) is 2.10. The van der Waals surface area contributed by atoms with Gasteiger partial charge in [-0.2, -0.15) is 0 Å². The van der Waals surface area contributed by atoms with E-state index in [-0.39, 0.29) is 29.5 Å². The van der Waals surface area contributed by atoms with E-state index in [0.717, 1.165) is 0 Å². The van der Waals surface area contributed by atoms with Gasteiger partial charge in [0.2, 0.25) is 0 Å². The third-order valence-electron chi connectivity index (χ3n) is 3.25. The molecule has 1 aliphatic heterocycles. The van der Waals surface area contributed by atoms with E-state index in [9.17, 15) is 9.90 Å². The van der Waals surface area contributed by atoms with Crippen molar-refractivity contribution >= 4 is 5.97 Å². The monoisotopic (exact) mass is 194 g/mol. The number of rotatable bonds is 0. The summed E-state index contributed by atoms with van der Waals surface area (Å²) < 4.78 is 5.18. The zero-order chi connectivity index (χ0) is 10.3. The second-order valence-electron chi connectivity index (χ2n) is 4.06. The minimum absolute atomic E-state index is 0.0909. The second kappa shape index (κ2) is 3.15. The number of aliphatic hydroxyl groups is 1. The Morgan fingerprint density at radius 2 is 2.14 bits per heavy atom. The molecule has 3 nitrogen and oxygen atoms in total. The Balaban J connectivity index is 2.29. The molecular formula is C11H14O3. The SMILES string of the molecule is CC1C(=O)OC2C(O)=CC=CC2C1C. The summed E-state index contributed by atoms with van der Waals surface area (Å²) in [5.74, 6) is 0.187. The smallest absolute Gasteiger partial charge is 0.309 e. The fourth-order valence-corrected chi connectivity index (χ4v) is 2.05. The average molecular weight is 194 g/mol. The van der Waals surface area contributed by atoms with E-state index >= 15 is 0 Å². The molecule has 4 atom stereocenters. The maximum atomic E-state index is 11.4. The van der Waals surface area contributed by atoms with Gasteiger partial charge in [0.15, 0.2) is 6.10 Å². The number of fused-ring (bicyclic) bond motifs is 1. The molecule has 0 saturated carbocycles. The maximum Gasteiger partial charge on any atom is 0.309 e. The van der Waals surface area contributed by atoms with E-state index in [2.05, 4.69) is 0 Å². The molecular weight excluding hydrogens is 180 g/mol. The van der Waals surface area contributed by atoms with E-state index in [1.165, 1.54) is 0 Å². The summed E-state index contributed by atoms with van der Waals surface area (Å²) in [6.45, 7) is 3.89. The summed E-state index contributed by atoms with van der Waals surface area (Å²) >= 11 is 0. The van der Waals surface area contributed by atoms with E-state index in [1.54, 1.807) is 6.08 Å². The first-order valence-electron chi connectivity index (χ1n) is 4.89. The van der Waals surface area contributed by atoms with Gasteiger partial charge in [-0.25, -0.2) is 0 Å². The molecule has 0 bridgehead atoms. The lowest BCUT2D eigenvalue weighted by Gasteiger charge is -2.38. The molecule has 0 spiro atoms. The van der Waals surface area contributed by atoms with Gasteiger partial charge in [0.25, 0.3) is 0 Å². The molecule has 0 aromatic carbocycles. The Hall–Kier alpha value is -1.25. The van der Waals surface area contributed by atoms with Crippen molar-refractivity contribution in [2.45, 2.75) is 20.0 Å². The van der Waals surface area contributed by atoms with Crippen molar-refractivity contribution in [1.82, 2.24) is 0 Å². The Labute approximate surface area is 83.1 Å². The van der Waals surface area contributed by atoms with Gasteiger partial charge in [0, 0.05) is 5.92 Å². The molecule has 3 heteroatoms. The molecule has 0 amide bonds. The number of allylic oxidation sites excluding steroid dienone is 2. The van der Waals surface area contributed by atoms with Crippen LogP contribution in [0.5, 0.6) is 0 Å². The van der Waals surface area contributed by atoms with Crippen LogP contribution >= 0.6 is 0 Å². The zero-order valence-corrected chi connectivity index (χ0v) is 8.31. The van der Waals surface area contributed by atoms with Crippen LogP contribution in [-0.2, 0) is 9.53 Å². The van der Waals surface area contributed by atoms with Crippen molar-refractivity contribution in [3.8, 4) is 0 Å². The first-order valence-corrected chi connectivity index (χ1v) is 4.89. The largest absolute Gasteiger partial charge is 0.508 e. The highest BCUT2D eigenvalue weighted by molar-refractivity contribution is 5.74. The number of ether oxygens (including phenoxy) is 1. The van der Waals surface area contributed by atoms with Gasteiger partial charge >= 0.3 is 5.97 Å². The third kappa shape index (κ3) is 1.24. The van der Waals surface area contributed by atoms with E-state index in [0.29, 0.717) is 0 Å². The van der Waals surface area contributed by atoms with Gasteiger partial charge in [-0.3, -0.25) is 4.79 Å². The van der Waals surface area contributed by atoms with E-state index < -0.39 is 6.10 Å². The predicted octanol–water partition coefficient (Wildman–Crippen LogP) is 1.81. The van der Waals surface area contributed by atoms with E-state index in [4.69, 9.17) is 4.74 Å². The number of hydrogen-bond acceptors (Lipinski definition) is 3. The minimum Gasteiger partial charge on any atom is -0.508 e. The van der Waals surface area contributed by atoms with Crippen LogP contribution in [0.3, 0.4) is 0 Å². The molecule has 2 rings (SSSR count). The molecule has 1 saturated heterocycles. The lowest BCUT2D eigenvalue weighted by Crippen LogP contribution is -2.44. The highest BCUT2D eigenvalue weighted by Crippen LogP contribution is 2.36. The van der Waals surface area contributed by atoms with Gasteiger partial charge in [0.1, 0.15) is 5.76 Å². The summed E-state index contributed by atoms with van der Waals surface area (Å²) in [5, 5.41) is 9.56. The topological polar surface area (TPSA) is 46.5 Å². The average Bonchev–Trinajstić information content (AvgIpc) is 2.17.